The average molecular weight is 259 g/mol. The summed E-state index contributed by atoms with van der Waals surface area (Å²) in [4.78, 5) is 33.4. The number of primary amides is 1. The number of amides is 3. The van der Waals surface area contributed by atoms with Gasteiger partial charge in [-0.05, 0) is 18.8 Å². The van der Waals surface area contributed by atoms with E-state index < -0.39 is 30.0 Å². The Labute approximate surface area is 106 Å². The quantitative estimate of drug-likeness (QED) is 0.516. The molecule has 7 heteroatoms. The molecule has 0 radical (unpaired) electrons. The van der Waals surface area contributed by atoms with Crippen molar-refractivity contribution < 1.29 is 19.5 Å². The van der Waals surface area contributed by atoms with Crippen molar-refractivity contribution in [2.45, 2.75) is 45.7 Å². The van der Waals surface area contributed by atoms with E-state index in [1.54, 1.807) is 6.92 Å². The molecule has 0 saturated heterocycles. The highest BCUT2D eigenvalue weighted by atomic mass is 16.4. The molecule has 0 aromatic rings. The smallest absolute Gasteiger partial charge is 0.326 e. The van der Waals surface area contributed by atoms with Crippen LogP contribution in [0.25, 0.3) is 0 Å². The van der Waals surface area contributed by atoms with Crippen LogP contribution in [0, 0.1) is 5.92 Å². The predicted molar refractivity (Wildman–Crippen MR) is 65.8 cm³/mol. The highest BCUT2D eigenvalue weighted by Gasteiger charge is 2.25. The van der Waals surface area contributed by atoms with Gasteiger partial charge in [-0.1, -0.05) is 20.8 Å². The van der Waals surface area contributed by atoms with Crippen LogP contribution in [-0.4, -0.2) is 35.1 Å². The van der Waals surface area contributed by atoms with Gasteiger partial charge >= 0.3 is 12.0 Å². The number of carboxylic acids is 1. The van der Waals surface area contributed by atoms with E-state index >= 15 is 0 Å². The molecule has 104 valence electrons. The van der Waals surface area contributed by atoms with Gasteiger partial charge in [-0.15, -0.1) is 0 Å². The number of hydrogen-bond acceptors (Lipinski definition) is 3. The molecule has 0 bridgehead atoms. The number of nitrogens with one attached hydrogen (secondary N) is 2. The first-order chi connectivity index (χ1) is 8.27. The van der Waals surface area contributed by atoms with Crippen molar-refractivity contribution >= 4 is 17.9 Å². The van der Waals surface area contributed by atoms with Gasteiger partial charge in [0.1, 0.15) is 12.1 Å². The fraction of sp³-hybridized carbons (Fsp3) is 0.727. The number of urea groups is 1. The molecule has 0 spiro atoms. The average Bonchev–Trinajstić information content (AvgIpc) is 2.22. The molecule has 0 fully saturated rings. The Morgan fingerprint density at radius 2 is 1.72 bits per heavy atom. The number of carboxylic acid groups (broad SMARTS) is 1. The van der Waals surface area contributed by atoms with Crippen LogP contribution in [0.3, 0.4) is 0 Å². The van der Waals surface area contributed by atoms with Crippen LogP contribution in [-0.2, 0) is 9.59 Å². The SMILES string of the molecule is CC[C@H](NC(=O)C(CC(C)C)NC(N)=O)C(=O)O. The minimum atomic E-state index is -1.10. The molecule has 0 saturated carbocycles. The summed E-state index contributed by atoms with van der Waals surface area (Å²) in [5.74, 6) is -1.47. The van der Waals surface area contributed by atoms with E-state index in [4.69, 9.17) is 10.8 Å². The first-order valence-electron chi connectivity index (χ1n) is 5.87. The van der Waals surface area contributed by atoms with E-state index in [1.165, 1.54) is 0 Å². The summed E-state index contributed by atoms with van der Waals surface area (Å²) in [6, 6.07) is -2.57. The van der Waals surface area contributed by atoms with Gasteiger partial charge in [0.25, 0.3) is 0 Å². The zero-order valence-corrected chi connectivity index (χ0v) is 10.9. The van der Waals surface area contributed by atoms with Crippen molar-refractivity contribution in [1.29, 1.82) is 0 Å². The fourth-order valence-corrected chi connectivity index (χ4v) is 1.49. The van der Waals surface area contributed by atoms with E-state index in [0.29, 0.717) is 6.42 Å². The number of nitrogens with two attached hydrogens (primary N) is 1. The van der Waals surface area contributed by atoms with Crippen molar-refractivity contribution in [3.8, 4) is 0 Å². The Hall–Kier alpha value is -1.79. The molecule has 1 unspecified atom stereocenters. The van der Waals surface area contributed by atoms with Crippen LogP contribution in [0.2, 0.25) is 0 Å². The van der Waals surface area contributed by atoms with Gasteiger partial charge in [0.05, 0.1) is 0 Å². The van der Waals surface area contributed by atoms with Gasteiger partial charge < -0.3 is 21.5 Å². The van der Waals surface area contributed by atoms with Crippen LogP contribution in [0.5, 0.6) is 0 Å². The van der Waals surface area contributed by atoms with Gasteiger partial charge in [0, 0.05) is 0 Å². The summed E-state index contributed by atoms with van der Waals surface area (Å²) < 4.78 is 0. The summed E-state index contributed by atoms with van der Waals surface area (Å²) in [6.07, 6.45) is 0.664. The summed E-state index contributed by atoms with van der Waals surface area (Å²) in [5.41, 5.74) is 4.98. The molecule has 0 aromatic carbocycles. The maximum Gasteiger partial charge on any atom is 0.326 e. The van der Waals surface area contributed by atoms with Gasteiger partial charge in [-0.3, -0.25) is 4.79 Å². The lowest BCUT2D eigenvalue weighted by molar-refractivity contribution is -0.142. The van der Waals surface area contributed by atoms with Gasteiger partial charge in [0.15, 0.2) is 0 Å². The molecule has 0 rings (SSSR count). The second-order valence-corrected chi connectivity index (χ2v) is 4.50. The summed E-state index contributed by atoms with van der Waals surface area (Å²) in [7, 11) is 0. The minimum absolute atomic E-state index is 0.164. The van der Waals surface area contributed by atoms with Crippen LogP contribution < -0.4 is 16.4 Å². The first kappa shape index (κ1) is 16.2. The van der Waals surface area contributed by atoms with Crippen LogP contribution in [0.15, 0.2) is 0 Å². The third kappa shape index (κ3) is 6.07. The highest BCUT2D eigenvalue weighted by Crippen LogP contribution is 2.05. The molecular weight excluding hydrogens is 238 g/mol. The predicted octanol–water partition coefficient (Wildman–Crippen LogP) is 0.0488. The summed E-state index contributed by atoms with van der Waals surface area (Å²) in [6.45, 7) is 5.42. The zero-order valence-electron chi connectivity index (χ0n) is 10.9. The fourth-order valence-electron chi connectivity index (χ4n) is 1.49. The number of rotatable bonds is 7. The van der Waals surface area contributed by atoms with Gasteiger partial charge in [0.2, 0.25) is 5.91 Å². The Balaban J connectivity index is 4.63. The maximum absolute atomic E-state index is 11.8. The molecular formula is C11H21N3O4. The highest BCUT2D eigenvalue weighted by molar-refractivity contribution is 5.89. The Kier molecular flexibility index (Phi) is 6.77. The molecule has 3 amide bonds. The Bertz CT molecular complexity index is 317. The summed E-state index contributed by atoms with van der Waals surface area (Å²) in [5, 5.41) is 13.5. The topological polar surface area (TPSA) is 122 Å². The Morgan fingerprint density at radius 1 is 1.17 bits per heavy atom. The minimum Gasteiger partial charge on any atom is -0.480 e. The van der Waals surface area contributed by atoms with Crippen molar-refractivity contribution in [3.05, 3.63) is 0 Å². The van der Waals surface area contributed by atoms with Crippen LogP contribution >= 0.6 is 0 Å². The van der Waals surface area contributed by atoms with E-state index in [1.807, 2.05) is 13.8 Å². The van der Waals surface area contributed by atoms with E-state index in [2.05, 4.69) is 10.6 Å². The van der Waals surface area contributed by atoms with Crippen molar-refractivity contribution in [3.63, 3.8) is 0 Å². The molecule has 5 N–H and O–H groups in total. The lowest BCUT2D eigenvalue weighted by Crippen LogP contribution is -2.52. The zero-order chi connectivity index (χ0) is 14.3. The monoisotopic (exact) mass is 259 g/mol. The molecule has 18 heavy (non-hydrogen) atoms. The lowest BCUT2D eigenvalue weighted by atomic mass is 10.0. The van der Waals surface area contributed by atoms with E-state index in [-0.39, 0.29) is 12.3 Å². The van der Waals surface area contributed by atoms with Crippen LogP contribution in [0.1, 0.15) is 33.6 Å². The number of carbonyl (C=O) groups is 3. The maximum atomic E-state index is 11.8. The number of aliphatic carboxylic acids is 1. The number of hydrogen-bond donors (Lipinski definition) is 4. The molecule has 2 atom stereocenters. The van der Waals surface area contributed by atoms with E-state index in [0.717, 1.165) is 0 Å². The third-order valence-electron chi connectivity index (χ3n) is 2.36. The summed E-state index contributed by atoms with van der Waals surface area (Å²) >= 11 is 0. The molecule has 0 aliphatic rings. The Morgan fingerprint density at radius 3 is 2.06 bits per heavy atom. The molecule has 0 aromatic heterocycles. The molecule has 0 heterocycles. The standard InChI is InChI=1S/C11H21N3O4/c1-4-7(10(16)17)13-9(15)8(5-6(2)3)14-11(12)18/h6-8H,4-5H2,1-3H3,(H,13,15)(H,16,17)(H3,12,14,18)/t7-,8?/m0/s1. The van der Waals surface area contributed by atoms with Gasteiger partial charge in [-0.2, -0.15) is 0 Å². The largest absolute Gasteiger partial charge is 0.480 e. The molecule has 0 aliphatic heterocycles. The van der Waals surface area contributed by atoms with E-state index in [9.17, 15) is 14.4 Å². The molecule has 0 aliphatic carbocycles. The molecule has 7 nitrogen and oxygen atoms in total. The van der Waals surface area contributed by atoms with Crippen molar-refractivity contribution in [2.75, 3.05) is 0 Å². The third-order valence-corrected chi connectivity index (χ3v) is 2.36. The van der Waals surface area contributed by atoms with Gasteiger partial charge in [-0.25, -0.2) is 9.59 Å². The number of carbonyl (C=O) groups excluding carboxylic acids is 2. The first-order valence-corrected chi connectivity index (χ1v) is 5.87. The lowest BCUT2D eigenvalue weighted by Gasteiger charge is -2.21. The second-order valence-electron chi connectivity index (χ2n) is 4.50. The normalized spacial score (nSPS) is 13.8. The second kappa shape index (κ2) is 7.52. The van der Waals surface area contributed by atoms with Crippen LogP contribution in [0.4, 0.5) is 4.79 Å². The van der Waals surface area contributed by atoms with Crippen molar-refractivity contribution in [1.82, 2.24) is 10.6 Å². The van der Waals surface area contributed by atoms with Crippen molar-refractivity contribution in [2.24, 2.45) is 11.7 Å².